The first-order valence-corrected chi connectivity index (χ1v) is 32.0. The van der Waals surface area contributed by atoms with Crippen LogP contribution in [-0.2, 0) is 27.1 Å². The Balaban J connectivity index is 1.29. The summed E-state index contributed by atoms with van der Waals surface area (Å²) in [5.74, 6) is 0. The van der Waals surface area contributed by atoms with Gasteiger partial charge in [0.15, 0.2) is 0 Å². The van der Waals surface area contributed by atoms with Crippen molar-refractivity contribution in [1.29, 1.82) is 0 Å². The number of para-hydroxylation sites is 1. The van der Waals surface area contributed by atoms with Crippen molar-refractivity contribution in [3.63, 3.8) is 0 Å². The van der Waals surface area contributed by atoms with Crippen LogP contribution in [0.4, 0.5) is 51.2 Å². The van der Waals surface area contributed by atoms with Crippen LogP contribution in [0.15, 0.2) is 146 Å². The standard InChI is InChI=1S/C67H77BN3SSi/c1-63(2,3)43-22-27-48(28-23-43)70-56-35-26-45(65(7,8)9)38-55(56)68-60-57(70)39-50(69(46-20-18-17-19-21-46)47-31-33-51(34-32-47)73(14,15)16)40-58(60)71(49-29-24-44(25-30-49)64(4,5)6)61-52-41-53-54(42-59(52)72-62(61)68)67(12,13)37-36-66(53,10)11/h17-35,38-42,73H,36-37H2,1-16H3/q-1. The summed E-state index contributed by atoms with van der Waals surface area (Å²) in [7, 11) is -1.88. The van der Waals surface area contributed by atoms with Gasteiger partial charge in [-0.15, -0.1) is 0 Å². The van der Waals surface area contributed by atoms with Gasteiger partial charge in [-0.1, -0.05) is 90.0 Å². The zero-order valence-corrected chi connectivity index (χ0v) is 48.6. The van der Waals surface area contributed by atoms with Gasteiger partial charge in [0.2, 0.25) is 0 Å². The maximum absolute atomic E-state index is 2.69. The van der Waals surface area contributed by atoms with Gasteiger partial charge in [-0.2, -0.15) is 0 Å². The molecule has 374 valence electrons. The number of hydrogen-bond acceptors (Lipinski definition) is 4. The number of rotatable bonds is 6. The van der Waals surface area contributed by atoms with Crippen LogP contribution in [-0.4, -0.2) is 14.8 Å². The second-order valence-corrected chi connectivity index (χ2v) is 34.4. The van der Waals surface area contributed by atoms with Crippen molar-refractivity contribution in [2.75, 3.05) is 14.7 Å². The van der Waals surface area contributed by atoms with Crippen LogP contribution in [0, 0.1) is 0 Å². The summed E-state index contributed by atoms with van der Waals surface area (Å²) in [6, 6.07) is 57.4. The monoisotopic (exact) mass is 995 g/mol. The summed E-state index contributed by atoms with van der Waals surface area (Å²) < 4.78 is 2.80. The Hall–Kier alpha value is -5.82. The first kappa shape index (κ1) is 49.4. The van der Waals surface area contributed by atoms with E-state index in [0.29, 0.717) is 0 Å². The molecule has 1 aromatic heterocycles. The Morgan fingerprint density at radius 2 is 1.00 bits per heavy atom. The van der Waals surface area contributed by atoms with E-state index in [4.69, 9.17) is 0 Å². The molecule has 0 amide bonds. The van der Waals surface area contributed by atoms with Gasteiger partial charge in [0.25, 0.3) is 0 Å². The zero-order valence-electron chi connectivity index (χ0n) is 46.7. The first-order valence-electron chi connectivity index (χ1n) is 27.2. The molecule has 0 N–H and O–H groups in total. The van der Waals surface area contributed by atoms with E-state index in [1.807, 2.05) is 11.3 Å². The van der Waals surface area contributed by atoms with E-state index in [-0.39, 0.29) is 33.8 Å². The SMILES string of the molecule is CC(C)(C)c1ccc(N2c3ccc(C(C)(C)C)cc3B3c4sc5cc6c(cc5c4N(c4ccc(C(C)(C)C)cc4)c4cc(N(c5ccccc5)c5ccc([SiH-](C)(C)C)cc5)cc2c43)C(C)(C)CCC6(C)C)cc1. The van der Waals surface area contributed by atoms with E-state index in [9.17, 15) is 0 Å². The predicted octanol–water partition coefficient (Wildman–Crippen LogP) is 17.0. The van der Waals surface area contributed by atoms with Crippen LogP contribution in [0.1, 0.15) is 131 Å². The van der Waals surface area contributed by atoms with Gasteiger partial charge in [0, 0.05) is 0 Å². The molecule has 73 heavy (non-hydrogen) atoms. The van der Waals surface area contributed by atoms with Crippen LogP contribution in [0.25, 0.3) is 10.1 Å². The molecule has 3 nitrogen and oxygen atoms in total. The molecule has 0 radical (unpaired) electrons. The van der Waals surface area contributed by atoms with Crippen LogP contribution in [0.3, 0.4) is 0 Å². The molecule has 3 heterocycles. The average Bonchev–Trinajstić information content (AvgIpc) is 3.70. The third kappa shape index (κ3) is 8.40. The third-order valence-electron chi connectivity index (χ3n) is 16.9. The quantitative estimate of drug-likeness (QED) is 0.154. The fourth-order valence-electron chi connectivity index (χ4n) is 12.1. The second kappa shape index (κ2) is 16.8. The minimum absolute atomic E-state index is 0.000750. The molecule has 0 atom stereocenters. The zero-order chi connectivity index (χ0) is 51.9. The predicted molar refractivity (Wildman–Crippen MR) is 326 cm³/mol. The number of thiophene rings is 1. The van der Waals surface area contributed by atoms with Crippen LogP contribution in [0.2, 0.25) is 19.6 Å². The normalized spacial score (nSPS) is 16.2. The molecule has 6 heteroatoms. The summed E-state index contributed by atoms with van der Waals surface area (Å²) in [6.45, 7) is 38.3. The van der Waals surface area contributed by atoms with Crippen LogP contribution < -0.4 is 35.6 Å². The fourth-order valence-corrected chi connectivity index (χ4v) is 14.8. The van der Waals surface area contributed by atoms with Crippen molar-refractivity contribution in [3.05, 3.63) is 173 Å². The van der Waals surface area contributed by atoms with Gasteiger partial charge < -0.3 is 0 Å². The van der Waals surface area contributed by atoms with Gasteiger partial charge in [0.1, 0.15) is 0 Å². The molecule has 0 saturated heterocycles. The molecule has 3 aliphatic rings. The maximum atomic E-state index is 2.69. The molecule has 2 aliphatic heterocycles. The fraction of sp³-hybridized carbons (Fsp3) is 0.343. The van der Waals surface area contributed by atoms with Crippen molar-refractivity contribution in [3.8, 4) is 0 Å². The van der Waals surface area contributed by atoms with E-state index in [1.54, 1.807) is 0 Å². The number of benzene rings is 7. The summed E-state index contributed by atoms with van der Waals surface area (Å²) in [4.78, 5) is 7.80. The van der Waals surface area contributed by atoms with Crippen LogP contribution in [0.5, 0.6) is 0 Å². The minimum atomic E-state index is -1.88. The van der Waals surface area contributed by atoms with Gasteiger partial charge in [0.05, 0.1) is 0 Å². The Bertz CT molecular complexity index is 3430. The molecular weight excluding hydrogens is 918 g/mol. The van der Waals surface area contributed by atoms with E-state index in [0.717, 1.165) is 17.1 Å². The Labute approximate surface area is 443 Å². The topological polar surface area (TPSA) is 9.72 Å². The van der Waals surface area contributed by atoms with Crippen molar-refractivity contribution >= 4 is 108 Å². The van der Waals surface area contributed by atoms with Crippen molar-refractivity contribution in [1.82, 2.24) is 0 Å². The first-order chi connectivity index (χ1) is 34.2. The second-order valence-electron chi connectivity index (χ2n) is 27.5. The Kier molecular flexibility index (Phi) is 11.4. The molecule has 0 bridgehead atoms. The van der Waals surface area contributed by atoms with Crippen LogP contribution >= 0.6 is 11.3 Å². The molecule has 0 fully saturated rings. The molecule has 8 aromatic rings. The van der Waals surface area contributed by atoms with Crippen molar-refractivity contribution < 1.29 is 0 Å². The molecule has 7 aromatic carbocycles. The number of nitrogens with zero attached hydrogens (tertiary/aromatic N) is 3. The molecule has 1 aliphatic carbocycles. The average molecular weight is 995 g/mol. The van der Waals surface area contributed by atoms with E-state index in [2.05, 4.69) is 270 Å². The number of hydrogen-bond donors (Lipinski definition) is 0. The van der Waals surface area contributed by atoms with E-state index < -0.39 is 8.07 Å². The summed E-state index contributed by atoms with van der Waals surface area (Å²) in [6.07, 6.45) is 2.36. The third-order valence-corrected chi connectivity index (χ3v) is 20.5. The van der Waals surface area contributed by atoms with Crippen molar-refractivity contribution in [2.45, 2.75) is 150 Å². The summed E-state index contributed by atoms with van der Waals surface area (Å²) in [5.41, 5.74) is 20.7. The van der Waals surface area contributed by atoms with Gasteiger partial charge in [-0.25, -0.2) is 0 Å². The van der Waals surface area contributed by atoms with E-state index in [1.165, 1.54) is 106 Å². The molecule has 0 unspecified atom stereocenters. The van der Waals surface area contributed by atoms with Gasteiger partial charge >= 0.3 is 282 Å². The number of anilines is 9. The summed E-state index contributed by atoms with van der Waals surface area (Å²) in [5, 5.41) is 2.85. The Morgan fingerprint density at radius 1 is 0.507 bits per heavy atom. The molecule has 0 spiro atoms. The number of fused-ring (bicyclic) bond motifs is 7. The Morgan fingerprint density at radius 3 is 1.53 bits per heavy atom. The molecular formula is C67H77BN3SSi-. The van der Waals surface area contributed by atoms with E-state index >= 15 is 0 Å². The summed E-state index contributed by atoms with van der Waals surface area (Å²) >= 11 is 2.04. The van der Waals surface area contributed by atoms with Gasteiger partial charge in [-0.3, -0.25) is 0 Å². The van der Waals surface area contributed by atoms with Crippen molar-refractivity contribution in [2.24, 2.45) is 0 Å². The van der Waals surface area contributed by atoms with Gasteiger partial charge in [-0.05, 0) is 73.8 Å². The molecule has 0 saturated carbocycles. The molecule has 11 rings (SSSR count).